The number of hydrogen-bond acceptors (Lipinski definition) is 3. The van der Waals surface area contributed by atoms with Crippen molar-refractivity contribution in [3.05, 3.63) is 113 Å². The van der Waals surface area contributed by atoms with Crippen molar-refractivity contribution in [3.8, 4) is 0 Å². The van der Waals surface area contributed by atoms with Crippen LogP contribution in [-0.4, -0.2) is 39.4 Å². The number of rotatable bonds is 10. The van der Waals surface area contributed by atoms with Gasteiger partial charge in [-0.25, -0.2) is 14.2 Å². The number of halogens is 2. The zero-order valence-corrected chi connectivity index (χ0v) is 21.9. The van der Waals surface area contributed by atoms with Crippen LogP contribution in [0.4, 0.5) is 9.18 Å². The summed E-state index contributed by atoms with van der Waals surface area (Å²) in [7, 11) is 0. The van der Waals surface area contributed by atoms with Crippen LogP contribution in [0.2, 0.25) is 5.02 Å². The molecule has 0 bridgehead atoms. The summed E-state index contributed by atoms with van der Waals surface area (Å²) in [5.74, 6) is 0.243. The van der Waals surface area contributed by atoms with Crippen molar-refractivity contribution in [2.45, 2.75) is 44.2 Å². The van der Waals surface area contributed by atoms with E-state index in [-0.39, 0.29) is 17.0 Å². The third-order valence-corrected chi connectivity index (χ3v) is 7.33. The molecule has 0 spiro atoms. The summed E-state index contributed by atoms with van der Waals surface area (Å²) < 4.78 is 16.4. The van der Waals surface area contributed by atoms with Gasteiger partial charge < -0.3 is 9.47 Å². The highest BCUT2D eigenvalue weighted by molar-refractivity contribution is 6.30. The van der Waals surface area contributed by atoms with Gasteiger partial charge in [0, 0.05) is 37.9 Å². The van der Waals surface area contributed by atoms with Crippen molar-refractivity contribution < 1.29 is 9.18 Å². The van der Waals surface area contributed by atoms with Gasteiger partial charge in [-0.3, -0.25) is 10.3 Å². The van der Waals surface area contributed by atoms with E-state index in [9.17, 15) is 9.18 Å². The van der Waals surface area contributed by atoms with E-state index in [1.807, 2.05) is 16.8 Å². The van der Waals surface area contributed by atoms with E-state index < -0.39 is 11.9 Å². The van der Waals surface area contributed by atoms with E-state index >= 15 is 0 Å². The first-order valence-electron chi connectivity index (χ1n) is 13.0. The molecule has 0 saturated carbocycles. The topological polar surface area (TPSA) is 62.5 Å². The molecule has 3 aromatic rings. The third-order valence-electron chi connectivity index (χ3n) is 7.03. The van der Waals surface area contributed by atoms with Gasteiger partial charge in [0.15, 0.2) is 0 Å². The fourth-order valence-corrected chi connectivity index (χ4v) is 5.27. The molecule has 1 saturated heterocycles. The van der Waals surface area contributed by atoms with Crippen LogP contribution in [0.25, 0.3) is 0 Å². The number of aryl methyl sites for hydroxylation is 1. The molecule has 2 atom stereocenters. The van der Waals surface area contributed by atoms with Crippen molar-refractivity contribution in [2.75, 3.05) is 13.1 Å². The maximum atomic E-state index is 14.5. The lowest BCUT2D eigenvalue weighted by Crippen LogP contribution is -2.31. The Morgan fingerprint density at radius 1 is 1.16 bits per heavy atom. The Morgan fingerprint density at radius 2 is 2.03 bits per heavy atom. The molecule has 1 aliphatic heterocycles. The molecular weight excluding hydrogens is 501 g/mol. The van der Waals surface area contributed by atoms with Gasteiger partial charge in [-0.2, -0.15) is 0 Å². The number of nitrogens with zero attached hydrogens (tertiary/aromatic N) is 4. The quantitative estimate of drug-likeness (QED) is 0.317. The van der Waals surface area contributed by atoms with Crippen LogP contribution in [0.5, 0.6) is 0 Å². The number of carbonyl (C=O) groups excluding carboxylic acids is 1. The minimum atomic E-state index is -0.513. The summed E-state index contributed by atoms with van der Waals surface area (Å²) in [5, 5.41) is 3.01. The third kappa shape index (κ3) is 6.05. The van der Waals surface area contributed by atoms with E-state index in [0.29, 0.717) is 24.5 Å². The number of carbonyl (C=O) groups is 1. The van der Waals surface area contributed by atoms with Crippen LogP contribution in [0.15, 0.2) is 96.0 Å². The Labute approximate surface area is 227 Å². The maximum Gasteiger partial charge on any atom is 0.323 e. The normalized spacial score (nSPS) is 19.1. The van der Waals surface area contributed by atoms with Crippen molar-refractivity contribution in [2.24, 2.45) is 4.99 Å². The predicted molar refractivity (Wildman–Crippen MR) is 149 cm³/mol. The molecule has 5 rings (SSSR count). The first kappa shape index (κ1) is 25.9. The molecule has 196 valence electrons. The van der Waals surface area contributed by atoms with E-state index in [0.717, 1.165) is 32.2 Å². The highest BCUT2D eigenvalue weighted by Gasteiger charge is 2.37. The summed E-state index contributed by atoms with van der Waals surface area (Å²) in [6.45, 7) is 1.73. The largest absolute Gasteiger partial charge is 0.337 e. The first-order chi connectivity index (χ1) is 18.6. The minimum Gasteiger partial charge on any atom is -0.337 e. The van der Waals surface area contributed by atoms with Gasteiger partial charge in [0.1, 0.15) is 17.7 Å². The molecule has 2 aromatic carbocycles. The number of hydrogen-bond donors (Lipinski definition) is 1. The Bertz CT molecular complexity index is 1340. The summed E-state index contributed by atoms with van der Waals surface area (Å²) in [6, 6.07) is 14.4. The summed E-state index contributed by atoms with van der Waals surface area (Å²) in [4.78, 5) is 23.7. The highest BCUT2D eigenvalue weighted by Crippen LogP contribution is 2.33. The molecule has 1 aliphatic carbocycles. The number of aromatic nitrogens is 2. The molecular formula is C30H31ClFN5O. The summed E-state index contributed by atoms with van der Waals surface area (Å²) in [6.07, 6.45) is 15.7. The van der Waals surface area contributed by atoms with E-state index in [2.05, 4.69) is 52.8 Å². The van der Waals surface area contributed by atoms with Crippen molar-refractivity contribution in [1.82, 2.24) is 19.8 Å². The van der Waals surface area contributed by atoms with E-state index in [1.165, 1.54) is 23.3 Å². The number of urea groups is 1. The molecule has 2 heterocycles. The number of amides is 2. The number of imidazole rings is 1. The van der Waals surface area contributed by atoms with Crippen LogP contribution in [0.1, 0.15) is 48.8 Å². The maximum absolute atomic E-state index is 14.5. The molecule has 38 heavy (non-hydrogen) atoms. The van der Waals surface area contributed by atoms with Crippen LogP contribution in [0.3, 0.4) is 0 Å². The van der Waals surface area contributed by atoms with Gasteiger partial charge in [0.05, 0.1) is 11.3 Å². The van der Waals surface area contributed by atoms with Gasteiger partial charge in [0.2, 0.25) is 0 Å². The Morgan fingerprint density at radius 3 is 2.76 bits per heavy atom. The lowest BCUT2D eigenvalue weighted by atomic mass is 9.85. The second-order valence-corrected chi connectivity index (χ2v) is 9.96. The van der Waals surface area contributed by atoms with Crippen LogP contribution in [0, 0.1) is 5.82 Å². The Balaban J connectivity index is 1.37. The van der Waals surface area contributed by atoms with Crippen molar-refractivity contribution in [1.29, 1.82) is 0 Å². The van der Waals surface area contributed by atoms with Crippen LogP contribution >= 0.6 is 11.6 Å². The second-order valence-electron chi connectivity index (χ2n) is 9.56. The minimum absolute atomic E-state index is 0.0516. The number of amidine groups is 1. The SMILES string of the molecule is O=C1NC(=NCCC(C2=CCCC=C2)c2ccccc2)C(c2ccc(Cl)c(F)c2)N1CCCn1ccnc1. The van der Waals surface area contributed by atoms with Gasteiger partial charge >= 0.3 is 6.03 Å². The lowest BCUT2D eigenvalue weighted by molar-refractivity contribution is 0.204. The van der Waals surface area contributed by atoms with Gasteiger partial charge in [0.25, 0.3) is 0 Å². The van der Waals surface area contributed by atoms with Gasteiger partial charge in [-0.1, -0.05) is 66.2 Å². The Hall–Kier alpha value is -3.71. The fraction of sp³-hybridized carbons (Fsp3) is 0.300. The molecule has 1 N–H and O–H groups in total. The number of nitrogens with one attached hydrogen (secondary N) is 1. The van der Waals surface area contributed by atoms with Crippen LogP contribution < -0.4 is 5.32 Å². The van der Waals surface area contributed by atoms with Gasteiger partial charge in [-0.05, 0) is 54.5 Å². The molecule has 1 aromatic heterocycles. The molecule has 1 fully saturated rings. The molecule has 6 nitrogen and oxygen atoms in total. The number of aliphatic imine (C=N–C) groups is 1. The average Bonchev–Trinajstić information content (AvgIpc) is 3.57. The zero-order valence-electron chi connectivity index (χ0n) is 21.1. The average molecular weight is 532 g/mol. The van der Waals surface area contributed by atoms with Crippen molar-refractivity contribution >= 4 is 23.5 Å². The smallest absolute Gasteiger partial charge is 0.323 e. The summed E-state index contributed by atoms with van der Waals surface area (Å²) in [5.41, 5.74) is 3.19. The van der Waals surface area contributed by atoms with Gasteiger partial charge in [-0.15, -0.1) is 0 Å². The second kappa shape index (κ2) is 12.2. The van der Waals surface area contributed by atoms with E-state index in [1.54, 1.807) is 23.5 Å². The van der Waals surface area contributed by atoms with Crippen molar-refractivity contribution in [3.63, 3.8) is 0 Å². The lowest BCUT2D eigenvalue weighted by Gasteiger charge is -2.24. The molecule has 8 heteroatoms. The molecule has 2 amide bonds. The van der Waals surface area contributed by atoms with Crippen LogP contribution in [-0.2, 0) is 6.54 Å². The molecule has 2 unspecified atom stereocenters. The molecule has 0 radical (unpaired) electrons. The highest BCUT2D eigenvalue weighted by atomic mass is 35.5. The number of allylic oxidation sites excluding steroid dienone is 4. The zero-order chi connectivity index (χ0) is 26.3. The van der Waals surface area contributed by atoms with E-state index in [4.69, 9.17) is 16.6 Å². The monoisotopic (exact) mass is 531 g/mol. The number of benzene rings is 2. The molecule has 2 aliphatic rings. The Kier molecular flexibility index (Phi) is 8.34. The standard InChI is InChI=1S/C30H31ClFN5O/c31-26-13-12-24(20-27(26)32)28-29(35-30(38)37(28)18-7-17-36-19-16-33-21-36)34-15-14-25(22-8-3-1-4-9-22)23-10-5-2-6-11-23/h1,3-5,8-13,16,19-21,25,28H,2,6-7,14-15,17-18H2,(H,34,35,38). The predicted octanol–water partition coefficient (Wildman–Crippen LogP) is 6.68. The fourth-order valence-electron chi connectivity index (χ4n) is 5.15. The first-order valence-corrected chi connectivity index (χ1v) is 13.4. The summed E-state index contributed by atoms with van der Waals surface area (Å²) >= 11 is 5.96.